The van der Waals surface area contributed by atoms with Crippen molar-refractivity contribution in [1.29, 1.82) is 0 Å². The third-order valence-corrected chi connectivity index (χ3v) is 4.74. The number of aliphatic hydroxyl groups is 1. The van der Waals surface area contributed by atoms with Crippen molar-refractivity contribution in [3.05, 3.63) is 22.2 Å². The first kappa shape index (κ1) is 15.4. The molecule has 1 rings (SSSR count). The second-order valence-corrected chi connectivity index (χ2v) is 7.33. The Hall–Kier alpha value is -0.630. The second-order valence-electron chi connectivity index (χ2n) is 4.77. The molecule has 0 heterocycles. The highest BCUT2D eigenvalue weighted by molar-refractivity contribution is 9.10. The summed E-state index contributed by atoms with van der Waals surface area (Å²) in [6.07, 6.45) is 0. The van der Waals surface area contributed by atoms with Crippen LogP contribution < -0.4 is 10.5 Å². The van der Waals surface area contributed by atoms with Crippen molar-refractivity contribution >= 4 is 31.6 Å². The molecule has 1 aromatic carbocycles. The van der Waals surface area contributed by atoms with E-state index in [-0.39, 0.29) is 11.5 Å². The highest BCUT2D eigenvalue weighted by Crippen LogP contribution is 2.26. The van der Waals surface area contributed by atoms with Gasteiger partial charge in [0.1, 0.15) is 0 Å². The minimum absolute atomic E-state index is 0.107. The molecule has 0 fully saturated rings. The van der Waals surface area contributed by atoms with Crippen LogP contribution in [0.2, 0.25) is 0 Å². The van der Waals surface area contributed by atoms with Crippen LogP contribution >= 0.6 is 15.9 Å². The Morgan fingerprint density at radius 1 is 1.44 bits per heavy atom. The molecule has 0 aliphatic rings. The van der Waals surface area contributed by atoms with Crippen LogP contribution in [0.25, 0.3) is 0 Å². The largest absolute Gasteiger partial charge is 0.398 e. The molecule has 102 valence electrons. The Labute approximate surface area is 116 Å². The molecule has 0 atom stereocenters. The van der Waals surface area contributed by atoms with E-state index < -0.39 is 15.6 Å². The minimum atomic E-state index is -3.73. The second kappa shape index (κ2) is 5.16. The summed E-state index contributed by atoms with van der Waals surface area (Å²) in [5, 5.41) is 9.12. The number of halogens is 1. The topological polar surface area (TPSA) is 92.4 Å². The Morgan fingerprint density at radius 2 is 2.00 bits per heavy atom. The maximum atomic E-state index is 12.2. The van der Waals surface area contributed by atoms with Crippen molar-refractivity contribution in [3.8, 4) is 0 Å². The maximum Gasteiger partial charge on any atom is 0.241 e. The molecule has 0 unspecified atom stereocenters. The van der Waals surface area contributed by atoms with E-state index in [1.807, 2.05) is 0 Å². The predicted molar refractivity (Wildman–Crippen MR) is 74.8 cm³/mol. The van der Waals surface area contributed by atoms with E-state index in [1.165, 1.54) is 6.07 Å². The average molecular weight is 337 g/mol. The molecule has 0 spiro atoms. The Balaban J connectivity index is 3.30. The standard InChI is InChI=1S/C11H17BrN2O3S/c1-7-9(13)4-8(12)5-10(7)18(16,17)14-11(2,3)6-15/h4-5,14-15H,6,13H2,1-3H3. The highest BCUT2D eigenvalue weighted by Gasteiger charge is 2.27. The van der Waals surface area contributed by atoms with Gasteiger partial charge in [0.05, 0.1) is 17.0 Å². The molecule has 0 saturated carbocycles. The predicted octanol–water partition coefficient (Wildman–Crippen LogP) is 1.39. The fraction of sp³-hybridized carbons (Fsp3) is 0.455. The number of rotatable bonds is 4. The summed E-state index contributed by atoms with van der Waals surface area (Å²) in [4.78, 5) is 0.107. The average Bonchev–Trinajstić information content (AvgIpc) is 2.21. The number of nitrogen functional groups attached to an aromatic ring is 1. The van der Waals surface area contributed by atoms with Crippen LogP contribution in [0.3, 0.4) is 0 Å². The Bertz CT molecular complexity index is 556. The first-order valence-corrected chi connectivity index (χ1v) is 7.57. The number of nitrogens with one attached hydrogen (secondary N) is 1. The van der Waals surface area contributed by atoms with Crippen molar-refractivity contribution in [2.45, 2.75) is 31.2 Å². The van der Waals surface area contributed by atoms with Gasteiger partial charge in [-0.05, 0) is 38.5 Å². The van der Waals surface area contributed by atoms with Crippen LogP contribution in [0.5, 0.6) is 0 Å². The van der Waals surface area contributed by atoms with Crippen molar-refractivity contribution in [1.82, 2.24) is 4.72 Å². The molecule has 18 heavy (non-hydrogen) atoms. The van der Waals surface area contributed by atoms with E-state index >= 15 is 0 Å². The molecule has 1 aromatic rings. The van der Waals surface area contributed by atoms with Gasteiger partial charge in [0.15, 0.2) is 0 Å². The smallest absolute Gasteiger partial charge is 0.241 e. The summed E-state index contributed by atoms with van der Waals surface area (Å²) in [5.74, 6) is 0. The third-order valence-electron chi connectivity index (χ3n) is 2.46. The van der Waals surface area contributed by atoms with Crippen LogP contribution in [0, 0.1) is 6.92 Å². The normalized spacial score (nSPS) is 12.7. The molecule has 0 amide bonds. The van der Waals surface area contributed by atoms with E-state index in [0.717, 1.165) is 0 Å². The molecular formula is C11H17BrN2O3S. The molecule has 4 N–H and O–H groups in total. The molecule has 0 aliphatic heterocycles. The van der Waals surface area contributed by atoms with Crippen molar-refractivity contribution in [2.24, 2.45) is 0 Å². The monoisotopic (exact) mass is 336 g/mol. The van der Waals surface area contributed by atoms with E-state index in [9.17, 15) is 8.42 Å². The Morgan fingerprint density at radius 3 is 2.50 bits per heavy atom. The van der Waals surface area contributed by atoms with Crippen molar-refractivity contribution < 1.29 is 13.5 Å². The summed E-state index contributed by atoms with van der Waals surface area (Å²) in [5.41, 5.74) is 5.70. The summed E-state index contributed by atoms with van der Waals surface area (Å²) in [6, 6.07) is 3.13. The summed E-state index contributed by atoms with van der Waals surface area (Å²) >= 11 is 3.21. The number of benzene rings is 1. The number of sulfonamides is 1. The third kappa shape index (κ3) is 3.44. The van der Waals surface area contributed by atoms with Crippen molar-refractivity contribution in [3.63, 3.8) is 0 Å². The molecule has 0 radical (unpaired) electrons. The van der Waals surface area contributed by atoms with Crippen LogP contribution in [0.15, 0.2) is 21.5 Å². The van der Waals surface area contributed by atoms with Gasteiger partial charge in [0.2, 0.25) is 10.0 Å². The van der Waals surface area contributed by atoms with Gasteiger partial charge >= 0.3 is 0 Å². The zero-order valence-electron chi connectivity index (χ0n) is 10.5. The van der Waals surface area contributed by atoms with Gasteiger partial charge in [-0.3, -0.25) is 0 Å². The number of anilines is 1. The van der Waals surface area contributed by atoms with E-state index in [0.29, 0.717) is 15.7 Å². The fourth-order valence-electron chi connectivity index (χ4n) is 1.40. The van der Waals surface area contributed by atoms with Gasteiger partial charge < -0.3 is 10.8 Å². The summed E-state index contributed by atoms with van der Waals surface area (Å²) in [6.45, 7) is 4.54. The quantitative estimate of drug-likeness (QED) is 0.724. The van der Waals surface area contributed by atoms with Crippen molar-refractivity contribution in [2.75, 3.05) is 12.3 Å². The number of hydrogen-bond donors (Lipinski definition) is 3. The van der Waals surface area contributed by atoms with Crippen LogP contribution in [0.1, 0.15) is 19.4 Å². The molecule has 0 aromatic heterocycles. The first-order valence-electron chi connectivity index (χ1n) is 5.29. The lowest BCUT2D eigenvalue weighted by Gasteiger charge is -2.24. The van der Waals surface area contributed by atoms with Crippen LogP contribution in [0.4, 0.5) is 5.69 Å². The van der Waals surface area contributed by atoms with E-state index in [1.54, 1.807) is 26.8 Å². The molecule has 0 bridgehead atoms. The van der Waals surface area contributed by atoms with Gasteiger partial charge in [0.25, 0.3) is 0 Å². The van der Waals surface area contributed by atoms with Gasteiger partial charge in [-0.15, -0.1) is 0 Å². The van der Waals surface area contributed by atoms with Gasteiger partial charge in [-0.1, -0.05) is 15.9 Å². The summed E-state index contributed by atoms with van der Waals surface area (Å²) in [7, 11) is -3.73. The van der Waals surface area contributed by atoms with Crippen LogP contribution in [-0.4, -0.2) is 25.7 Å². The zero-order chi connectivity index (χ0) is 14.1. The molecule has 7 heteroatoms. The first-order chi connectivity index (χ1) is 8.09. The van der Waals surface area contributed by atoms with Gasteiger partial charge in [0, 0.05) is 10.2 Å². The minimum Gasteiger partial charge on any atom is -0.398 e. The Kier molecular flexibility index (Phi) is 4.42. The van der Waals surface area contributed by atoms with E-state index in [2.05, 4.69) is 20.7 Å². The molecule has 0 aliphatic carbocycles. The SMILES string of the molecule is Cc1c(N)cc(Br)cc1S(=O)(=O)NC(C)(C)CO. The fourth-order valence-corrected chi connectivity index (χ4v) is 3.74. The molecule has 5 nitrogen and oxygen atoms in total. The lowest BCUT2D eigenvalue weighted by molar-refractivity contribution is 0.208. The van der Waals surface area contributed by atoms with E-state index in [4.69, 9.17) is 10.8 Å². The lowest BCUT2D eigenvalue weighted by atomic mass is 10.1. The molecular weight excluding hydrogens is 320 g/mol. The number of aliphatic hydroxyl groups excluding tert-OH is 1. The zero-order valence-corrected chi connectivity index (χ0v) is 12.9. The molecule has 0 saturated heterocycles. The maximum absolute atomic E-state index is 12.2. The number of hydrogen-bond acceptors (Lipinski definition) is 4. The number of nitrogens with two attached hydrogens (primary N) is 1. The summed E-state index contributed by atoms with van der Waals surface area (Å²) < 4.78 is 27.5. The van der Waals surface area contributed by atoms with Gasteiger partial charge in [-0.25, -0.2) is 13.1 Å². The van der Waals surface area contributed by atoms with Gasteiger partial charge in [-0.2, -0.15) is 0 Å². The highest BCUT2D eigenvalue weighted by atomic mass is 79.9. The van der Waals surface area contributed by atoms with Crippen LogP contribution in [-0.2, 0) is 10.0 Å². The lowest BCUT2D eigenvalue weighted by Crippen LogP contribution is -2.46.